The summed E-state index contributed by atoms with van der Waals surface area (Å²) in [6.07, 6.45) is 1.52. The Balaban J connectivity index is 1.92. The minimum Gasteiger partial charge on any atom is -0.481 e. The van der Waals surface area contributed by atoms with Crippen LogP contribution in [0.2, 0.25) is 0 Å². The van der Waals surface area contributed by atoms with E-state index in [-0.39, 0.29) is 18.4 Å². The molecule has 2 amide bonds. The van der Waals surface area contributed by atoms with E-state index in [0.29, 0.717) is 24.5 Å². The third kappa shape index (κ3) is 5.49. The third-order valence-electron chi connectivity index (χ3n) is 4.17. The number of benzene rings is 1. The third-order valence-corrected chi connectivity index (χ3v) is 5.18. The van der Waals surface area contributed by atoms with Crippen molar-refractivity contribution in [3.05, 3.63) is 35.9 Å². The van der Waals surface area contributed by atoms with Gasteiger partial charge >= 0.3 is 5.97 Å². The van der Waals surface area contributed by atoms with E-state index >= 15 is 0 Å². The predicted molar refractivity (Wildman–Crippen MR) is 97.1 cm³/mol. The van der Waals surface area contributed by atoms with Gasteiger partial charge in [-0.1, -0.05) is 37.3 Å². The number of amides is 2. The highest BCUT2D eigenvalue weighted by molar-refractivity contribution is 7.99. The largest absolute Gasteiger partial charge is 0.481 e. The van der Waals surface area contributed by atoms with E-state index in [2.05, 4.69) is 5.32 Å². The summed E-state index contributed by atoms with van der Waals surface area (Å²) in [5.41, 5.74) is 0.917. The molecule has 2 rings (SSSR count). The van der Waals surface area contributed by atoms with E-state index in [4.69, 9.17) is 0 Å². The zero-order valence-corrected chi connectivity index (χ0v) is 15.1. The molecule has 2 unspecified atom stereocenters. The van der Waals surface area contributed by atoms with Crippen LogP contribution in [0.4, 0.5) is 0 Å². The fourth-order valence-corrected chi connectivity index (χ4v) is 3.93. The van der Waals surface area contributed by atoms with Crippen LogP contribution in [0.1, 0.15) is 25.3 Å². The highest BCUT2D eigenvalue weighted by Crippen LogP contribution is 2.22. The minimum absolute atomic E-state index is 0.0216. The van der Waals surface area contributed by atoms with Gasteiger partial charge in [-0.05, 0) is 18.4 Å². The van der Waals surface area contributed by atoms with Gasteiger partial charge in [-0.15, -0.1) is 11.8 Å². The highest BCUT2D eigenvalue weighted by Gasteiger charge is 2.34. The molecule has 1 heterocycles. The smallest absolute Gasteiger partial charge is 0.308 e. The molecule has 1 aliphatic rings. The second-order valence-electron chi connectivity index (χ2n) is 6.10. The summed E-state index contributed by atoms with van der Waals surface area (Å²) in [5.74, 6) is -0.856. The molecule has 6 nitrogen and oxygen atoms in total. The first kappa shape index (κ1) is 19.3. The lowest BCUT2D eigenvalue weighted by Gasteiger charge is -2.23. The SMILES string of the molecule is CCCC(=O)N1CSCC1C(=O)NCC(Cc1ccccc1)C(=O)O. The van der Waals surface area contributed by atoms with Gasteiger partial charge in [0.2, 0.25) is 11.8 Å². The number of nitrogens with one attached hydrogen (secondary N) is 1. The van der Waals surface area contributed by atoms with Gasteiger partial charge in [-0.3, -0.25) is 14.4 Å². The zero-order valence-electron chi connectivity index (χ0n) is 14.3. The number of carbonyl (C=O) groups excluding carboxylic acids is 2. The maximum Gasteiger partial charge on any atom is 0.308 e. The summed E-state index contributed by atoms with van der Waals surface area (Å²) in [5, 5.41) is 12.1. The molecule has 1 saturated heterocycles. The Morgan fingerprint density at radius 2 is 2.04 bits per heavy atom. The van der Waals surface area contributed by atoms with Crippen LogP contribution >= 0.6 is 11.8 Å². The first-order valence-corrected chi connectivity index (χ1v) is 9.60. The van der Waals surface area contributed by atoms with Gasteiger partial charge in [-0.25, -0.2) is 0 Å². The first-order chi connectivity index (χ1) is 12.0. The summed E-state index contributed by atoms with van der Waals surface area (Å²) in [7, 11) is 0. The summed E-state index contributed by atoms with van der Waals surface area (Å²) < 4.78 is 0. The maximum absolute atomic E-state index is 12.4. The molecule has 0 saturated carbocycles. The van der Waals surface area contributed by atoms with Gasteiger partial charge in [0, 0.05) is 18.7 Å². The fourth-order valence-electron chi connectivity index (χ4n) is 2.75. The molecule has 136 valence electrons. The lowest BCUT2D eigenvalue weighted by molar-refractivity contribution is -0.142. The number of hydrogen-bond acceptors (Lipinski definition) is 4. The summed E-state index contributed by atoms with van der Waals surface area (Å²) in [6, 6.07) is 8.84. The Hall–Kier alpha value is -2.02. The average molecular weight is 364 g/mol. The quantitative estimate of drug-likeness (QED) is 0.734. The lowest BCUT2D eigenvalue weighted by Crippen LogP contribution is -2.48. The van der Waals surface area contributed by atoms with E-state index in [1.807, 2.05) is 37.3 Å². The Morgan fingerprint density at radius 3 is 2.68 bits per heavy atom. The number of aliphatic carboxylic acids is 1. The van der Waals surface area contributed by atoms with Crippen LogP contribution in [0.25, 0.3) is 0 Å². The van der Waals surface area contributed by atoms with Crippen LogP contribution in [-0.2, 0) is 20.8 Å². The zero-order chi connectivity index (χ0) is 18.2. The molecule has 2 N–H and O–H groups in total. The molecule has 1 aliphatic heterocycles. The van der Waals surface area contributed by atoms with Crippen molar-refractivity contribution in [1.82, 2.24) is 10.2 Å². The van der Waals surface area contributed by atoms with Gasteiger partial charge in [0.1, 0.15) is 6.04 Å². The second-order valence-corrected chi connectivity index (χ2v) is 7.10. The van der Waals surface area contributed by atoms with Crippen molar-refractivity contribution in [3.8, 4) is 0 Å². The van der Waals surface area contributed by atoms with Crippen molar-refractivity contribution in [3.63, 3.8) is 0 Å². The number of carboxylic acid groups (broad SMARTS) is 1. The molecule has 1 aromatic rings. The lowest BCUT2D eigenvalue weighted by atomic mass is 9.99. The number of carbonyl (C=O) groups is 3. The van der Waals surface area contributed by atoms with Crippen molar-refractivity contribution < 1.29 is 19.5 Å². The molecule has 1 aromatic carbocycles. The van der Waals surface area contributed by atoms with Crippen molar-refractivity contribution in [2.24, 2.45) is 5.92 Å². The Bertz CT molecular complexity index is 608. The van der Waals surface area contributed by atoms with Crippen LogP contribution in [0.5, 0.6) is 0 Å². The van der Waals surface area contributed by atoms with Gasteiger partial charge in [0.25, 0.3) is 0 Å². The first-order valence-electron chi connectivity index (χ1n) is 8.44. The van der Waals surface area contributed by atoms with E-state index in [9.17, 15) is 19.5 Å². The van der Waals surface area contributed by atoms with Crippen molar-refractivity contribution >= 4 is 29.5 Å². The average Bonchev–Trinajstić information content (AvgIpc) is 3.09. The van der Waals surface area contributed by atoms with Crippen LogP contribution in [0.15, 0.2) is 30.3 Å². The molecular weight excluding hydrogens is 340 g/mol. The molecule has 0 spiro atoms. The van der Waals surface area contributed by atoms with Crippen LogP contribution in [-0.4, -0.2) is 52.0 Å². The Kier molecular flexibility index (Phi) is 7.31. The van der Waals surface area contributed by atoms with Crippen LogP contribution < -0.4 is 5.32 Å². The van der Waals surface area contributed by atoms with Crippen molar-refractivity contribution in [2.45, 2.75) is 32.2 Å². The second kappa shape index (κ2) is 9.46. The predicted octanol–water partition coefficient (Wildman–Crippen LogP) is 1.75. The monoisotopic (exact) mass is 364 g/mol. The van der Waals surface area contributed by atoms with Crippen molar-refractivity contribution in [2.75, 3.05) is 18.2 Å². The van der Waals surface area contributed by atoms with E-state index in [0.717, 1.165) is 12.0 Å². The molecule has 2 atom stereocenters. The summed E-state index contributed by atoms with van der Waals surface area (Å²) in [6.45, 7) is 1.98. The molecule has 0 aliphatic carbocycles. The van der Waals surface area contributed by atoms with Crippen molar-refractivity contribution in [1.29, 1.82) is 0 Å². The highest BCUT2D eigenvalue weighted by atomic mass is 32.2. The van der Waals surface area contributed by atoms with Gasteiger partial charge in [0.05, 0.1) is 11.8 Å². The molecule has 25 heavy (non-hydrogen) atoms. The summed E-state index contributed by atoms with van der Waals surface area (Å²) in [4.78, 5) is 37.6. The fraction of sp³-hybridized carbons (Fsp3) is 0.500. The number of thioether (sulfide) groups is 1. The number of hydrogen-bond donors (Lipinski definition) is 2. The van der Waals surface area contributed by atoms with Crippen LogP contribution in [0, 0.1) is 5.92 Å². The van der Waals surface area contributed by atoms with E-state index < -0.39 is 17.9 Å². The molecular formula is C18H24N2O4S. The topological polar surface area (TPSA) is 86.7 Å². The standard InChI is InChI=1S/C18H24N2O4S/c1-2-6-16(21)20-12-25-11-15(20)17(22)19-10-14(18(23)24)9-13-7-4-3-5-8-13/h3-5,7-8,14-15H,2,6,9-12H2,1H3,(H,19,22)(H,23,24). The number of rotatable bonds is 8. The van der Waals surface area contributed by atoms with E-state index in [1.54, 1.807) is 16.7 Å². The number of carboxylic acids is 1. The van der Waals surface area contributed by atoms with Gasteiger partial charge in [0.15, 0.2) is 0 Å². The molecule has 1 fully saturated rings. The maximum atomic E-state index is 12.4. The molecule has 7 heteroatoms. The van der Waals surface area contributed by atoms with E-state index in [1.165, 1.54) is 0 Å². The van der Waals surface area contributed by atoms with Gasteiger partial charge < -0.3 is 15.3 Å². The molecule has 0 aromatic heterocycles. The minimum atomic E-state index is -0.941. The summed E-state index contributed by atoms with van der Waals surface area (Å²) >= 11 is 1.54. The Morgan fingerprint density at radius 1 is 1.32 bits per heavy atom. The van der Waals surface area contributed by atoms with Crippen LogP contribution in [0.3, 0.4) is 0 Å². The molecule has 0 radical (unpaired) electrons. The number of nitrogens with zero attached hydrogens (tertiary/aromatic N) is 1. The van der Waals surface area contributed by atoms with Gasteiger partial charge in [-0.2, -0.15) is 0 Å². The molecule has 0 bridgehead atoms. The normalized spacial score (nSPS) is 18.0. The Labute approximate surface area is 152 Å².